The van der Waals surface area contributed by atoms with Crippen LogP contribution in [0.2, 0.25) is 0 Å². The summed E-state index contributed by atoms with van der Waals surface area (Å²) in [5, 5.41) is 0. The summed E-state index contributed by atoms with van der Waals surface area (Å²) in [6.07, 6.45) is 29.8. The third kappa shape index (κ3) is 12.4. The summed E-state index contributed by atoms with van der Waals surface area (Å²) in [7, 11) is 0. The molecule has 0 spiro atoms. The van der Waals surface area contributed by atoms with Crippen molar-refractivity contribution in [1.29, 1.82) is 0 Å². The van der Waals surface area contributed by atoms with Crippen molar-refractivity contribution in [2.45, 2.75) is 142 Å². The lowest BCUT2D eigenvalue weighted by Gasteiger charge is -2.28. The van der Waals surface area contributed by atoms with Crippen molar-refractivity contribution in [3.63, 3.8) is 0 Å². The number of hydrogen-bond acceptors (Lipinski definition) is 0. The van der Waals surface area contributed by atoms with Gasteiger partial charge in [0.25, 0.3) is 0 Å². The van der Waals surface area contributed by atoms with Crippen LogP contribution in [0, 0.1) is 11.8 Å². The van der Waals surface area contributed by atoms with Gasteiger partial charge in [-0.05, 0) is 11.8 Å². The van der Waals surface area contributed by atoms with Gasteiger partial charge < -0.3 is 0 Å². The Hall–Kier alpha value is 0. The lowest BCUT2D eigenvalue weighted by molar-refractivity contribution is 0.236. The molecular formula is C24H48. The second kappa shape index (κ2) is 16.5. The number of unbranched alkanes of at least 4 members (excludes halogenated alkanes) is 14. The van der Waals surface area contributed by atoms with Gasteiger partial charge in [0.1, 0.15) is 0 Å². The van der Waals surface area contributed by atoms with Gasteiger partial charge >= 0.3 is 0 Å². The van der Waals surface area contributed by atoms with Gasteiger partial charge in [0.2, 0.25) is 0 Å². The quantitative estimate of drug-likeness (QED) is 0.246. The molecule has 0 amide bonds. The van der Waals surface area contributed by atoms with Crippen molar-refractivity contribution in [2.75, 3.05) is 0 Å². The third-order valence-corrected chi connectivity index (χ3v) is 6.47. The predicted molar refractivity (Wildman–Crippen MR) is 111 cm³/mol. The topological polar surface area (TPSA) is 0 Å². The monoisotopic (exact) mass is 336 g/mol. The van der Waals surface area contributed by atoms with E-state index in [2.05, 4.69) is 13.8 Å². The highest BCUT2D eigenvalue weighted by Gasteiger charge is 2.20. The molecule has 2 unspecified atom stereocenters. The van der Waals surface area contributed by atoms with Gasteiger partial charge in [-0.2, -0.15) is 0 Å². The summed E-state index contributed by atoms with van der Waals surface area (Å²) < 4.78 is 0. The Labute approximate surface area is 154 Å². The average molecular weight is 337 g/mol. The fourth-order valence-electron chi connectivity index (χ4n) is 4.60. The lowest BCUT2D eigenvalue weighted by atomic mass is 9.78. The van der Waals surface area contributed by atoms with Crippen molar-refractivity contribution >= 4 is 0 Å². The molecule has 2 atom stereocenters. The Bertz CT molecular complexity index is 244. The maximum atomic E-state index is 2.50. The Morgan fingerprint density at radius 1 is 0.542 bits per heavy atom. The molecule has 0 N–H and O–H groups in total. The largest absolute Gasteiger partial charge is 0.0654 e. The molecule has 1 rings (SSSR count). The summed E-state index contributed by atoms with van der Waals surface area (Å²) in [4.78, 5) is 0. The molecule has 0 nitrogen and oxygen atoms in total. The van der Waals surface area contributed by atoms with Gasteiger partial charge in [-0.25, -0.2) is 0 Å². The molecule has 0 aromatic heterocycles. The van der Waals surface area contributed by atoms with Gasteiger partial charge in [-0.15, -0.1) is 0 Å². The van der Waals surface area contributed by atoms with E-state index in [0.29, 0.717) is 0 Å². The normalized spacial score (nSPS) is 21.2. The first-order valence-electron chi connectivity index (χ1n) is 11.8. The van der Waals surface area contributed by atoms with E-state index in [9.17, 15) is 0 Å². The lowest BCUT2D eigenvalue weighted by Crippen LogP contribution is -2.16. The van der Waals surface area contributed by atoms with Crippen LogP contribution >= 0.6 is 0 Å². The fourth-order valence-corrected chi connectivity index (χ4v) is 4.60. The maximum Gasteiger partial charge on any atom is -0.0388 e. The minimum Gasteiger partial charge on any atom is -0.0654 e. The standard InChI is InChI=1S/C24H48/c1-3-4-5-6-7-8-9-10-11-12-13-14-15-16-17-21-24-22-19-18-20-23(24)2/h23-24H,3-22H2,1-2H3. The summed E-state index contributed by atoms with van der Waals surface area (Å²) in [6, 6.07) is 0. The van der Waals surface area contributed by atoms with Crippen molar-refractivity contribution in [2.24, 2.45) is 11.8 Å². The minimum atomic E-state index is 1.02. The van der Waals surface area contributed by atoms with E-state index in [-0.39, 0.29) is 0 Å². The van der Waals surface area contributed by atoms with E-state index < -0.39 is 0 Å². The minimum absolute atomic E-state index is 1.02. The Morgan fingerprint density at radius 3 is 1.42 bits per heavy atom. The Kier molecular flexibility index (Phi) is 15.1. The highest BCUT2D eigenvalue weighted by Crippen LogP contribution is 2.33. The van der Waals surface area contributed by atoms with Crippen LogP contribution in [0.3, 0.4) is 0 Å². The molecule has 0 bridgehead atoms. The van der Waals surface area contributed by atoms with Crippen LogP contribution in [0.25, 0.3) is 0 Å². The molecule has 24 heavy (non-hydrogen) atoms. The molecule has 0 heteroatoms. The van der Waals surface area contributed by atoms with E-state index in [1.54, 1.807) is 0 Å². The number of rotatable bonds is 16. The van der Waals surface area contributed by atoms with Crippen molar-refractivity contribution in [3.8, 4) is 0 Å². The zero-order valence-electron chi connectivity index (χ0n) is 17.3. The van der Waals surface area contributed by atoms with E-state index in [4.69, 9.17) is 0 Å². The first kappa shape index (κ1) is 22.0. The molecule has 1 fully saturated rings. The summed E-state index contributed by atoms with van der Waals surface area (Å²) in [5.41, 5.74) is 0. The average Bonchev–Trinajstić information content (AvgIpc) is 2.60. The molecule has 0 heterocycles. The van der Waals surface area contributed by atoms with Crippen molar-refractivity contribution < 1.29 is 0 Å². The molecule has 0 aliphatic heterocycles. The second-order valence-corrected chi connectivity index (χ2v) is 8.76. The van der Waals surface area contributed by atoms with Crippen LogP contribution in [0.4, 0.5) is 0 Å². The van der Waals surface area contributed by atoms with Crippen LogP contribution in [-0.4, -0.2) is 0 Å². The summed E-state index contributed by atoms with van der Waals surface area (Å²) in [5.74, 6) is 2.09. The third-order valence-electron chi connectivity index (χ3n) is 6.47. The summed E-state index contributed by atoms with van der Waals surface area (Å²) in [6.45, 7) is 4.80. The first-order valence-corrected chi connectivity index (χ1v) is 11.8. The van der Waals surface area contributed by atoms with Crippen molar-refractivity contribution in [1.82, 2.24) is 0 Å². The Balaban J connectivity index is 1.72. The molecule has 0 radical (unpaired) electrons. The predicted octanol–water partition coefficient (Wildman–Crippen LogP) is 9.07. The molecule has 1 aliphatic carbocycles. The van der Waals surface area contributed by atoms with Gasteiger partial charge in [-0.3, -0.25) is 0 Å². The van der Waals surface area contributed by atoms with Crippen LogP contribution in [-0.2, 0) is 0 Å². The maximum absolute atomic E-state index is 2.50. The van der Waals surface area contributed by atoms with E-state index in [1.807, 2.05) is 0 Å². The number of hydrogen-bond donors (Lipinski definition) is 0. The van der Waals surface area contributed by atoms with Gasteiger partial charge in [0.05, 0.1) is 0 Å². The molecule has 0 aromatic rings. The van der Waals surface area contributed by atoms with Crippen LogP contribution in [0.5, 0.6) is 0 Å². The first-order chi connectivity index (χ1) is 11.8. The molecule has 0 aromatic carbocycles. The van der Waals surface area contributed by atoms with Crippen molar-refractivity contribution in [3.05, 3.63) is 0 Å². The highest BCUT2D eigenvalue weighted by atomic mass is 14.3. The summed E-state index contributed by atoms with van der Waals surface area (Å²) >= 11 is 0. The van der Waals surface area contributed by atoms with Gasteiger partial charge in [0, 0.05) is 0 Å². The zero-order chi connectivity index (χ0) is 17.3. The van der Waals surface area contributed by atoms with Crippen LogP contribution in [0.1, 0.15) is 142 Å². The molecule has 1 aliphatic rings. The Morgan fingerprint density at radius 2 is 0.958 bits per heavy atom. The zero-order valence-corrected chi connectivity index (χ0v) is 17.3. The smallest absolute Gasteiger partial charge is 0.0388 e. The van der Waals surface area contributed by atoms with Gasteiger partial charge in [0.15, 0.2) is 0 Å². The SMILES string of the molecule is CCCCCCCCCCCCCCCCCC1CCCCC1C. The van der Waals surface area contributed by atoms with Gasteiger partial charge in [-0.1, -0.05) is 142 Å². The molecular weight excluding hydrogens is 288 g/mol. The van der Waals surface area contributed by atoms with Crippen LogP contribution in [0.15, 0.2) is 0 Å². The van der Waals surface area contributed by atoms with E-state index in [1.165, 1.54) is 128 Å². The highest BCUT2D eigenvalue weighted by molar-refractivity contribution is 4.72. The van der Waals surface area contributed by atoms with E-state index >= 15 is 0 Å². The molecule has 0 saturated heterocycles. The molecule has 1 saturated carbocycles. The fraction of sp³-hybridized carbons (Fsp3) is 1.00. The second-order valence-electron chi connectivity index (χ2n) is 8.76. The van der Waals surface area contributed by atoms with E-state index in [0.717, 1.165) is 11.8 Å². The molecule has 144 valence electrons. The van der Waals surface area contributed by atoms with Crippen LogP contribution < -0.4 is 0 Å².